The van der Waals surface area contributed by atoms with Crippen molar-refractivity contribution in [1.29, 1.82) is 0 Å². The lowest BCUT2D eigenvalue weighted by Gasteiger charge is -2.01. The molecule has 5 nitrogen and oxygen atoms in total. The van der Waals surface area contributed by atoms with E-state index >= 15 is 0 Å². The van der Waals surface area contributed by atoms with Gasteiger partial charge in [-0.25, -0.2) is 9.78 Å². The number of imidazole rings is 1. The zero-order valence-electron chi connectivity index (χ0n) is 6.24. The number of nitrogens with one attached hydrogen (secondary N) is 1. The van der Waals surface area contributed by atoms with Gasteiger partial charge < -0.3 is 15.6 Å². The molecule has 0 aliphatic heterocycles. The van der Waals surface area contributed by atoms with Gasteiger partial charge in [-0.3, -0.25) is 0 Å². The number of amides is 2. The van der Waals surface area contributed by atoms with Crippen LogP contribution in [0.25, 0.3) is 0 Å². The molecule has 0 unspecified atom stereocenters. The molecule has 0 saturated carbocycles. The maximum absolute atomic E-state index is 10.3. The normalized spacial score (nSPS) is 9.55. The van der Waals surface area contributed by atoms with Gasteiger partial charge in [0.25, 0.3) is 0 Å². The second kappa shape index (κ2) is 3.05. The summed E-state index contributed by atoms with van der Waals surface area (Å²) >= 11 is 0. The molecular formula is C6H10N4O. The number of nitrogens with two attached hydrogens (primary N) is 1. The highest BCUT2D eigenvalue weighted by molar-refractivity contribution is 5.71. The topological polar surface area (TPSA) is 72.9 Å². The number of urea groups is 1. The summed E-state index contributed by atoms with van der Waals surface area (Å²) in [4.78, 5) is 14.2. The highest BCUT2D eigenvalue weighted by Crippen LogP contribution is 1.93. The second-order valence-corrected chi connectivity index (χ2v) is 2.21. The van der Waals surface area contributed by atoms with E-state index in [0.29, 0.717) is 6.54 Å². The van der Waals surface area contributed by atoms with Gasteiger partial charge >= 0.3 is 6.03 Å². The predicted octanol–water partition coefficient (Wildman–Crippen LogP) is -0.412. The van der Waals surface area contributed by atoms with Crippen LogP contribution in [0.1, 0.15) is 5.69 Å². The number of hydrogen-bond acceptors (Lipinski definition) is 2. The Morgan fingerprint density at radius 2 is 2.64 bits per heavy atom. The van der Waals surface area contributed by atoms with Crippen molar-refractivity contribution in [2.75, 3.05) is 0 Å². The van der Waals surface area contributed by atoms with Crippen LogP contribution in [0.2, 0.25) is 0 Å². The van der Waals surface area contributed by atoms with Gasteiger partial charge in [0.1, 0.15) is 0 Å². The lowest BCUT2D eigenvalue weighted by molar-refractivity contribution is 0.248. The van der Waals surface area contributed by atoms with Crippen LogP contribution in [0.15, 0.2) is 12.5 Å². The SMILES string of the molecule is Cn1cncc1CNC(N)=O. The van der Waals surface area contributed by atoms with E-state index in [1.807, 2.05) is 11.6 Å². The fraction of sp³-hybridized carbons (Fsp3) is 0.333. The summed E-state index contributed by atoms with van der Waals surface area (Å²) in [5, 5.41) is 2.47. The molecule has 3 N–H and O–H groups in total. The van der Waals surface area contributed by atoms with Gasteiger partial charge in [0.2, 0.25) is 0 Å². The quantitative estimate of drug-likeness (QED) is 0.607. The number of rotatable bonds is 2. The monoisotopic (exact) mass is 154 g/mol. The van der Waals surface area contributed by atoms with Gasteiger partial charge in [0.15, 0.2) is 0 Å². The van der Waals surface area contributed by atoms with Crippen LogP contribution in [0.4, 0.5) is 4.79 Å². The fourth-order valence-corrected chi connectivity index (χ4v) is 0.733. The zero-order valence-corrected chi connectivity index (χ0v) is 6.24. The first-order valence-electron chi connectivity index (χ1n) is 3.18. The number of carbonyl (C=O) groups is 1. The molecule has 0 saturated heterocycles. The van der Waals surface area contributed by atoms with Crippen molar-refractivity contribution in [3.63, 3.8) is 0 Å². The van der Waals surface area contributed by atoms with Crippen LogP contribution in [-0.2, 0) is 13.6 Å². The highest BCUT2D eigenvalue weighted by Gasteiger charge is 1.97. The first-order chi connectivity index (χ1) is 5.20. The fourth-order valence-electron chi connectivity index (χ4n) is 0.733. The van der Waals surface area contributed by atoms with E-state index < -0.39 is 6.03 Å². The third-order valence-electron chi connectivity index (χ3n) is 1.36. The molecule has 60 valence electrons. The molecule has 2 amide bonds. The number of aromatic nitrogens is 2. The largest absolute Gasteiger partial charge is 0.352 e. The summed E-state index contributed by atoms with van der Waals surface area (Å²) in [6.07, 6.45) is 3.34. The van der Waals surface area contributed by atoms with Gasteiger partial charge in [-0.1, -0.05) is 0 Å². The summed E-state index contributed by atoms with van der Waals surface area (Å²) in [6, 6.07) is -0.522. The summed E-state index contributed by atoms with van der Waals surface area (Å²) in [5.74, 6) is 0. The molecule has 0 spiro atoms. The van der Waals surface area contributed by atoms with E-state index in [2.05, 4.69) is 10.3 Å². The Bertz CT molecular complexity index is 255. The minimum absolute atomic E-state index is 0.422. The van der Waals surface area contributed by atoms with E-state index in [1.165, 1.54) is 0 Å². The Balaban J connectivity index is 2.51. The average Bonchev–Trinajstić information content (AvgIpc) is 2.31. The molecule has 0 bridgehead atoms. The number of hydrogen-bond donors (Lipinski definition) is 2. The Morgan fingerprint density at radius 3 is 3.09 bits per heavy atom. The van der Waals surface area contributed by atoms with Crippen molar-refractivity contribution in [3.05, 3.63) is 18.2 Å². The highest BCUT2D eigenvalue weighted by atomic mass is 16.2. The van der Waals surface area contributed by atoms with Gasteiger partial charge in [0, 0.05) is 13.2 Å². The van der Waals surface area contributed by atoms with Gasteiger partial charge in [0.05, 0.1) is 18.6 Å². The lowest BCUT2D eigenvalue weighted by Crippen LogP contribution is -2.29. The molecular weight excluding hydrogens is 144 g/mol. The maximum Gasteiger partial charge on any atom is 0.312 e. The smallest absolute Gasteiger partial charge is 0.312 e. The molecule has 5 heteroatoms. The summed E-state index contributed by atoms with van der Waals surface area (Å²) in [7, 11) is 1.85. The molecule has 0 radical (unpaired) electrons. The van der Waals surface area contributed by atoms with Crippen molar-refractivity contribution >= 4 is 6.03 Å². The van der Waals surface area contributed by atoms with Crippen LogP contribution < -0.4 is 11.1 Å². The molecule has 11 heavy (non-hydrogen) atoms. The molecule has 0 aromatic carbocycles. The molecule has 0 aliphatic carbocycles. The Hall–Kier alpha value is -1.52. The van der Waals surface area contributed by atoms with E-state index in [4.69, 9.17) is 5.73 Å². The van der Waals surface area contributed by atoms with Crippen LogP contribution in [0, 0.1) is 0 Å². The first kappa shape index (κ1) is 7.59. The molecule has 1 aromatic rings. The Kier molecular flexibility index (Phi) is 2.10. The number of nitrogens with zero attached hydrogens (tertiary/aromatic N) is 2. The van der Waals surface area contributed by atoms with Crippen molar-refractivity contribution in [3.8, 4) is 0 Å². The summed E-state index contributed by atoms with van der Waals surface area (Å²) in [5.41, 5.74) is 5.80. The average molecular weight is 154 g/mol. The molecule has 0 fully saturated rings. The van der Waals surface area contributed by atoms with E-state index in [-0.39, 0.29) is 0 Å². The molecule has 1 rings (SSSR count). The van der Waals surface area contributed by atoms with Crippen LogP contribution in [0.5, 0.6) is 0 Å². The van der Waals surface area contributed by atoms with E-state index in [0.717, 1.165) is 5.69 Å². The second-order valence-electron chi connectivity index (χ2n) is 2.21. The number of primary amides is 1. The standard InChI is InChI=1S/C6H10N4O/c1-10-4-8-2-5(10)3-9-6(7)11/h2,4H,3H2,1H3,(H3,7,9,11). The lowest BCUT2D eigenvalue weighted by atomic mass is 10.4. The van der Waals surface area contributed by atoms with Gasteiger partial charge in [-0.05, 0) is 0 Å². The minimum atomic E-state index is -0.522. The van der Waals surface area contributed by atoms with E-state index in [9.17, 15) is 4.79 Å². The maximum atomic E-state index is 10.3. The first-order valence-corrected chi connectivity index (χ1v) is 3.18. The third kappa shape index (κ3) is 1.96. The van der Waals surface area contributed by atoms with Crippen molar-refractivity contribution in [1.82, 2.24) is 14.9 Å². The number of carbonyl (C=O) groups excluding carboxylic acids is 1. The zero-order chi connectivity index (χ0) is 8.27. The van der Waals surface area contributed by atoms with Crippen molar-refractivity contribution in [2.45, 2.75) is 6.54 Å². The van der Waals surface area contributed by atoms with Gasteiger partial charge in [-0.2, -0.15) is 0 Å². The predicted molar refractivity (Wildman–Crippen MR) is 39.6 cm³/mol. The van der Waals surface area contributed by atoms with Crippen molar-refractivity contribution < 1.29 is 4.79 Å². The van der Waals surface area contributed by atoms with E-state index in [1.54, 1.807) is 12.5 Å². The molecule has 1 aromatic heterocycles. The minimum Gasteiger partial charge on any atom is -0.352 e. The number of aryl methyl sites for hydroxylation is 1. The Labute approximate surface area is 64.2 Å². The molecule has 0 atom stereocenters. The summed E-state index contributed by atoms with van der Waals surface area (Å²) in [6.45, 7) is 0.422. The van der Waals surface area contributed by atoms with Crippen LogP contribution in [0.3, 0.4) is 0 Å². The molecule has 1 heterocycles. The van der Waals surface area contributed by atoms with Crippen LogP contribution >= 0.6 is 0 Å². The van der Waals surface area contributed by atoms with Crippen molar-refractivity contribution in [2.24, 2.45) is 12.8 Å². The Morgan fingerprint density at radius 1 is 1.91 bits per heavy atom. The molecule has 0 aliphatic rings. The third-order valence-corrected chi connectivity index (χ3v) is 1.36. The van der Waals surface area contributed by atoms with Gasteiger partial charge in [-0.15, -0.1) is 0 Å². The summed E-state index contributed by atoms with van der Waals surface area (Å²) < 4.78 is 1.82. The van der Waals surface area contributed by atoms with Crippen LogP contribution in [-0.4, -0.2) is 15.6 Å².